The van der Waals surface area contributed by atoms with Crippen molar-refractivity contribution < 1.29 is 9.90 Å². The lowest BCUT2D eigenvalue weighted by Crippen LogP contribution is -2.20. The second-order valence-electron chi connectivity index (χ2n) is 5.75. The van der Waals surface area contributed by atoms with E-state index >= 15 is 0 Å². The second-order valence-corrected chi connectivity index (χ2v) is 7.24. The molecule has 0 bridgehead atoms. The Kier molecular flexibility index (Phi) is 4.69. The monoisotopic (exact) mass is 323 g/mol. The van der Waals surface area contributed by atoms with E-state index in [0.717, 1.165) is 32.6 Å². The number of thiazole rings is 1. The van der Waals surface area contributed by atoms with Crippen molar-refractivity contribution >= 4 is 28.9 Å². The van der Waals surface area contributed by atoms with Crippen LogP contribution >= 0.6 is 22.9 Å². The van der Waals surface area contributed by atoms with Crippen LogP contribution in [0.3, 0.4) is 0 Å². The number of benzene rings is 1. The largest absolute Gasteiger partial charge is 0.481 e. The number of carboxylic acid groups (broad SMARTS) is 1. The van der Waals surface area contributed by atoms with Gasteiger partial charge in [-0.1, -0.05) is 43.6 Å². The van der Waals surface area contributed by atoms with Gasteiger partial charge in [-0.15, -0.1) is 11.3 Å². The van der Waals surface area contributed by atoms with Crippen LogP contribution < -0.4 is 0 Å². The molecule has 0 fully saturated rings. The van der Waals surface area contributed by atoms with Gasteiger partial charge in [-0.05, 0) is 25.0 Å². The summed E-state index contributed by atoms with van der Waals surface area (Å²) in [4.78, 5) is 16.3. The smallest absolute Gasteiger partial charge is 0.308 e. The van der Waals surface area contributed by atoms with E-state index in [1.165, 1.54) is 11.3 Å². The Hall–Kier alpha value is -1.39. The molecule has 112 valence electrons. The number of hydrogen-bond donors (Lipinski definition) is 1. The normalized spacial score (nSPS) is 11.6. The van der Waals surface area contributed by atoms with Crippen molar-refractivity contribution in [2.24, 2.45) is 0 Å². The van der Waals surface area contributed by atoms with Crippen LogP contribution in [0.4, 0.5) is 0 Å². The number of rotatable bonds is 5. The summed E-state index contributed by atoms with van der Waals surface area (Å²) < 4.78 is 0. The lowest BCUT2D eigenvalue weighted by molar-refractivity contribution is -0.136. The van der Waals surface area contributed by atoms with Gasteiger partial charge in [0.1, 0.15) is 0 Å². The molecule has 0 aliphatic rings. The molecular formula is C16H18ClNO2S. The second kappa shape index (κ2) is 6.16. The molecule has 3 nitrogen and oxygen atoms in total. The summed E-state index contributed by atoms with van der Waals surface area (Å²) in [5, 5.41) is 10.6. The zero-order chi connectivity index (χ0) is 15.6. The predicted octanol–water partition coefficient (Wildman–Crippen LogP) is 4.25. The molecule has 0 amide bonds. The van der Waals surface area contributed by atoms with Gasteiger partial charge in [0.25, 0.3) is 0 Å². The standard InChI is InChI=1S/C16H18ClNO2S/c1-10-13(8-14(19)20)21-15(18-10)16(2,3)9-11-6-4-5-7-12(11)17/h4-7H,8-9H2,1-3H3,(H,19,20). The topological polar surface area (TPSA) is 50.2 Å². The minimum Gasteiger partial charge on any atom is -0.481 e. The van der Waals surface area contributed by atoms with Gasteiger partial charge < -0.3 is 5.11 Å². The Morgan fingerprint density at radius 2 is 2.05 bits per heavy atom. The van der Waals surface area contributed by atoms with Gasteiger partial charge >= 0.3 is 5.97 Å². The van der Waals surface area contributed by atoms with Crippen molar-refractivity contribution in [3.8, 4) is 0 Å². The van der Waals surface area contributed by atoms with Crippen LogP contribution in [-0.4, -0.2) is 16.1 Å². The van der Waals surface area contributed by atoms with Gasteiger partial charge in [-0.25, -0.2) is 4.98 Å². The number of carbonyl (C=O) groups is 1. The van der Waals surface area contributed by atoms with Crippen LogP contribution in [0.15, 0.2) is 24.3 Å². The maximum atomic E-state index is 10.9. The first-order valence-corrected chi connectivity index (χ1v) is 7.91. The SMILES string of the molecule is Cc1nc(C(C)(C)Cc2ccccc2Cl)sc1CC(=O)O. The average molecular weight is 324 g/mol. The zero-order valence-corrected chi connectivity index (χ0v) is 13.9. The van der Waals surface area contributed by atoms with E-state index in [2.05, 4.69) is 18.8 Å². The highest BCUT2D eigenvalue weighted by Gasteiger charge is 2.27. The summed E-state index contributed by atoms with van der Waals surface area (Å²) in [5.41, 5.74) is 1.71. The predicted molar refractivity (Wildman–Crippen MR) is 86.4 cm³/mol. The first-order valence-electron chi connectivity index (χ1n) is 6.71. The lowest BCUT2D eigenvalue weighted by Gasteiger charge is -2.22. The highest BCUT2D eigenvalue weighted by molar-refractivity contribution is 7.12. The van der Waals surface area contributed by atoms with Crippen LogP contribution in [0.2, 0.25) is 5.02 Å². The first kappa shape index (κ1) is 16.0. The number of aromatic nitrogens is 1. The van der Waals surface area contributed by atoms with Crippen LogP contribution in [0, 0.1) is 6.92 Å². The van der Waals surface area contributed by atoms with E-state index in [0.29, 0.717) is 0 Å². The molecule has 1 aromatic heterocycles. The van der Waals surface area contributed by atoms with Crippen molar-refractivity contribution in [2.45, 2.75) is 39.0 Å². The van der Waals surface area contributed by atoms with Crippen molar-refractivity contribution in [3.05, 3.63) is 50.4 Å². The average Bonchev–Trinajstić information content (AvgIpc) is 2.74. The molecule has 0 saturated carbocycles. The van der Waals surface area contributed by atoms with Crippen LogP contribution in [0.5, 0.6) is 0 Å². The van der Waals surface area contributed by atoms with Gasteiger partial charge in [-0.2, -0.15) is 0 Å². The number of hydrogen-bond acceptors (Lipinski definition) is 3. The van der Waals surface area contributed by atoms with E-state index in [4.69, 9.17) is 16.7 Å². The molecule has 0 atom stereocenters. The van der Waals surface area contributed by atoms with Gasteiger partial charge in [0.2, 0.25) is 0 Å². The van der Waals surface area contributed by atoms with Gasteiger partial charge in [-0.3, -0.25) is 4.79 Å². The molecule has 2 aromatic rings. The van der Waals surface area contributed by atoms with E-state index in [1.807, 2.05) is 31.2 Å². The number of halogens is 1. The van der Waals surface area contributed by atoms with Gasteiger partial charge in [0.15, 0.2) is 0 Å². The molecule has 1 N–H and O–H groups in total. The van der Waals surface area contributed by atoms with Crippen LogP contribution in [-0.2, 0) is 23.1 Å². The molecule has 5 heteroatoms. The third-order valence-corrected chi connectivity index (χ3v) is 5.27. The number of nitrogens with zero attached hydrogens (tertiary/aromatic N) is 1. The third-order valence-electron chi connectivity index (χ3n) is 3.37. The Labute approximate surface area is 133 Å². The minimum absolute atomic E-state index is 0.0334. The van der Waals surface area contributed by atoms with Gasteiger partial charge in [0, 0.05) is 15.3 Å². The molecule has 0 spiro atoms. The van der Waals surface area contributed by atoms with Crippen molar-refractivity contribution in [1.29, 1.82) is 0 Å². The Balaban J connectivity index is 2.27. The Morgan fingerprint density at radius 1 is 1.38 bits per heavy atom. The molecule has 0 aliphatic carbocycles. The molecule has 21 heavy (non-hydrogen) atoms. The number of aryl methyl sites for hydroxylation is 1. The third kappa shape index (κ3) is 3.83. The van der Waals surface area contributed by atoms with Crippen molar-refractivity contribution in [1.82, 2.24) is 4.98 Å². The van der Waals surface area contributed by atoms with Crippen LogP contribution in [0.25, 0.3) is 0 Å². The fourth-order valence-electron chi connectivity index (χ4n) is 2.21. The maximum Gasteiger partial charge on any atom is 0.308 e. The molecule has 0 radical (unpaired) electrons. The fourth-order valence-corrected chi connectivity index (χ4v) is 3.57. The van der Waals surface area contributed by atoms with Crippen molar-refractivity contribution in [2.75, 3.05) is 0 Å². The molecular weight excluding hydrogens is 306 g/mol. The molecule has 1 aromatic carbocycles. The highest BCUT2D eigenvalue weighted by Crippen LogP contribution is 2.34. The molecule has 0 unspecified atom stereocenters. The highest BCUT2D eigenvalue weighted by atomic mass is 35.5. The summed E-state index contributed by atoms with van der Waals surface area (Å²) in [7, 11) is 0. The van der Waals surface area contributed by atoms with Crippen molar-refractivity contribution in [3.63, 3.8) is 0 Å². The molecule has 2 rings (SSSR count). The number of aliphatic carboxylic acids is 1. The summed E-state index contributed by atoms with van der Waals surface area (Å²) in [6.07, 6.45) is 0.803. The number of carboxylic acids is 1. The van der Waals surface area contributed by atoms with E-state index in [-0.39, 0.29) is 11.8 Å². The first-order chi connectivity index (χ1) is 9.79. The minimum atomic E-state index is -0.822. The summed E-state index contributed by atoms with van der Waals surface area (Å²) in [6, 6.07) is 7.79. The zero-order valence-electron chi connectivity index (χ0n) is 12.3. The molecule has 1 heterocycles. The molecule has 0 aliphatic heterocycles. The van der Waals surface area contributed by atoms with Crippen LogP contribution in [0.1, 0.15) is 35.0 Å². The Bertz CT molecular complexity index is 664. The molecule has 0 saturated heterocycles. The van der Waals surface area contributed by atoms with E-state index in [1.54, 1.807) is 0 Å². The summed E-state index contributed by atoms with van der Waals surface area (Å²) in [5.74, 6) is -0.822. The lowest BCUT2D eigenvalue weighted by atomic mass is 9.86. The van der Waals surface area contributed by atoms with E-state index in [9.17, 15) is 4.79 Å². The summed E-state index contributed by atoms with van der Waals surface area (Å²) >= 11 is 7.71. The fraction of sp³-hybridized carbons (Fsp3) is 0.375. The summed E-state index contributed by atoms with van der Waals surface area (Å²) in [6.45, 7) is 6.09. The maximum absolute atomic E-state index is 10.9. The quantitative estimate of drug-likeness (QED) is 0.894. The van der Waals surface area contributed by atoms with E-state index < -0.39 is 5.97 Å². The van der Waals surface area contributed by atoms with Gasteiger partial charge in [0.05, 0.1) is 17.1 Å². The Morgan fingerprint density at radius 3 is 2.67 bits per heavy atom.